The van der Waals surface area contributed by atoms with Crippen LogP contribution in [0.4, 0.5) is 18.9 Å². The van der Waals surface area contributed by atoms with E-state index in [4.69, 9.17) is 28.2 Å². The van der Waals surface area contributed by atoms with Crippen LogP contribution in [-0.4, -0.2) is 11.0 Å². The Balaban J connectivity index is 1.65. The fourth-order valence-electron chi connectivity index (χ4n) is 2.71. The average Bonchev–Trinajstić information content (AvgIpc) is 3.19. The molecule has 31 heavy (non-hydrogen) atoms. The number of nitrogens with one attached hydrogen (secondary N) is 3. The van der Waals surface area contributed by atoms with Crippen LogP contribution in [-0.2, 0) is 6.18 Å². The maximum Gasteiger partial charge on any atom is 0.417 e. The molecule has 10 heteroatoms. The van der Waals surface area contributed by atoms with Crippen molar-refractivity contribution >= 4 is 40.5 Å². The van der Waals surface area contributed by atoms with Crippen molar-refractivity contribution in [3.63, 3.8) is 0 Å². The summed E-state index contributed by atoms with van der Waals surface area (Å²) in [5.74, 6) is -0.676. The van der Waals surface area contributed by atoms with Gasteiger partial charge in [0.25, 0.3) is 0 Å². The molecule has 1 amide bonds. The zero-order valence-electron chi connectivity index (χ0n) is 16.4. The van der Waals surface area contributed by atoms with Crippen LogP contribution in [0.25, 0.3) is 11.3 Å². The lowest BCUT2D eigenvalue weighted by Gasteiger charge is -2.13. The second kappa shape index (κ2) is 8.99. The van der Waals surface area contributed by atoms with Crippen molar-refractivity contribution in [2.24, 2.45) is 0 Å². The number of alkyl halides is 3. The van der Waals surface area contributed by atoms with Crippen LogP contribution in [0.3, 0.4) is 0 Å². The highest BCUT2D eigenvalue weighted by Crippen LogP contribution is 2.37. The Hall–Kier alpha value is -3.04. The number of rotatable bonds is 3. The van der Waals surface area contributed by atoms with E-state index in [0.717, 1.165) is 28.9 Å². The Bertz CT molecular complexity index is 1150. The second-order valence-corrected chi connectivity index (χ2v) is 7.52. The number of carbonyl (C=O) groups is 1. The summed E-state index contributed by atoms with van der Waals surface area (Å²) in [6.07, 6.45) is -4.61. The maximum atomic E-state index is 13.1. The van der Waals surface area contributed by atoms with Gasteiger partial charge in [-0.1, -0.05) is 23.7 Å². The largest absolute Gasteiger partial charge is 0.451 e. The molecule has 2 aromatic carbocycles. The molecule has 0 atom stereocenters. The number of halogens is 4. The summed E-state index contributed by atoms with van der Waals surface area (Å²) >= 11 is 10.8. The molecular formula is C21H17ClF3N3O2S. The molecule has 0 fully saturated rings. The third-order valence-corrected chi connectivity index (χ3v) is 4.85. The molecule has 0 saturated heterocycles. The van der Waals surface area contributed by atoms with E-state index in [1.165, 1.54) is 18.2 Å². The molecule has 0 unspecified atom stereocenters. The van der Waals surface area contributed by atoms with Crippen LogP contribution in [0, 0.1) is 13.8 Å². The fraction of sp³-hybridized carbons (Fsp3) is 0.143. The zero-order chi connectivity index (χ0) is 22.8. The summed E-state index contributed by atoms with van der Waals surface area (Å²) in [5.41, 5.74) is 6.88. The maximum absolute atomic E-state index is 13.1. The predicted molar refractivity (Wildman–Crippen MR) is 117 cm³/mol. The number of hydrogen-bond donors (Lipinski definition) is 3. The number of anilines is 1. The SMILES string of the molecule is Cc1ccc(C)c(NC(=S)NNC(=O)c2ccc(-c3ccc(Cl)c(C(F)(F)F)c3)o2)c1. The van der Waals surface area contributed by atoms with Crippen LogP contribution in [0.15, 0.2) is 52.9 Å². The summed E-state index contributed by atoms with van der Waals surface area (Å²) in [7, 11) is 0. The van der Waals surface area contributed by atoms with E-state index in [1.54, 1.807) is 0 Å². The number of hydrazine groups is 1. The number of furan rings is 1. The lowest BCUT2D eigenvalue weighted by Crippen LogP contribution is -2.43. The number of hydrogen-bond acceptors (Lipinski definition) is 3. The third kappa shape index (κ3) is 5.56. The van der Waals surface area contributed by atoms with E-state index >= 15 is 0 Å². The first-order valence-corrected chi connectivity index (χ1v) is 9.75. The van der Waals surface area contributed by atoms with E-state index in [0.29, 0.717) is 0 Å². The summed E-state index contributed by atoms with van der Waals surface area (Å²) < 4.78 is 44.6. The van der Waals surface area contributed by atoms with Gasteiger partial charge >= 0.3 is 12.1 Å². The fourth-order valence-corrected chi connectivity index (χ4v) is 3.10. The van der Waals surface area contributed by atoms with Crippen LogP contribution in [0.2, 0.25) is 5.02 Å². The first-order chi connectivity index (χ1) is 14.5. The average molecular weight is 468 g/mol. The number of amides is 1. The number of aryl methyl sites for hydroxylation is 2. The monoisotopic (exact) mass is 467 g/mol. The molecule has 0 saturated carbocycles. The minimum Gasteiger partial charge on any atom is -0.451 e. The number of thiocarbonyl (C=S) groups is 1. The van der Waals surface area contributed by atoms with Gasteiger partial charge in [-0.3, -0.25) is 15.6 Å². The Morgan fingerprint density at radius 3 is 2.48 bits per heavy atom. The lowest BCUT2D eigenvalue weighted by atomic mass is 10.1. The van der Waals surface area contributed by atoms with Gasteiger partial charge in [0, 0.05) is 11.3 Å². The van der Waals surface area contributed by atoms with E-state index in [9.17, 15) is 18.0 Å². The molecule has 1 heterocycles. The van der Waals surface area contributed by atoms with Gasteiger partial charge in [-0.25, -0.2) is 0 Å². The number of carbonyl (C=O) groups excluding carboxylic acids is 1. The van der Waals surface area contributed by atoms with Crippen LogP contribution in [0.5, 0.6) is 0 Å². The molecule has 0 spiro atoms. The van der Waals surface area contributed by atoms with Crippen LogP contribution < -0.4 is 16.2 Å². The molecule has 3 N–H and O–H groups in total. The van der Waals surface area contributed by atoms with Crippen LogP contribution in [0.1, 0.15) is 27.2 Å². The van der Waals surface area contributed by atoms with E-state index in [2.05, 4.69) is 16.2 Å². The van der Waals surface area contributed by atoms with Gasteiger partial charge in [0.1, 0.15) is 5.76 Å². The molecule has 162 valence electrons. The Morgan fingerprint density at radius 1 is 1.03 bits per heavy atom. The zero-order valence-corrected chi connectivity index (χ0v) is 17.9. The quantitative estimate of drug-likeness (QED) is 0.332. The van der Waals surface area contributed by atoms with Gasteiger partial charge in [-0.2, -0.15) is 13.2 Å². The highest BCUT2D eigenvalue weighted by molar-refractivity contribution is 7.80. The molecule has 0 bridgehead atoms. The smallest absolute Gasteiger partial charge is 0.417 e. The third-order valence-electron chi connectivity index (χ3n) is 4.32. The molecule has 5 nitrogen and oxygen atoms in total. The van der Waals surface area contributed by atoms with Gasteiger partial charge in [0.2, 0.25) is 0 Å². The van der Waals surface area contributed by atoms with Gasteiger partial charge in [0.05, 0.1) is 10.6 Å². The topological polar surface area (TPSA) is 66.3 Å². The molecule has 0 aliphatic heterocycles. The van der Waals surface area contributed by atoms with Crippen molar-refractivity contribution in [1.82, 2.24) is 10.9 Å². The van der Waals surface area contributed by atoms with Crippen molar-refractivity contribution in [3.8, 4) is 11.3 Å². The van der Waals surface area contributed by atoms with Crippen molar-refractivity contribution in [2.75, 3.05) is 5.32 Å². The number of benzene rings is 2. The Labute approximate surface area is 186 Å². The van der Waals surface area contributed by atoms with Gasteiger partial charge in [-0.05, 0) is 73.6 Å². The van der Waals surface area contributed by atoms with Crippen molar-refractivity contribution in [3.05, 3.63) is 76.0 Å². The molecule has 0 aliphatic rings. The standard InChI is InChI=1S/C21H17ClF3N3O2S/c1-11-3-4-12(2)16(9-11)26-20(31)28-27-19(29)18-8-7-17(30-18)13-5-6-15(22)14(10-13)21(23,24)25/h3-10H,1-2H3,(H,27,29)(H2,26,28,31). The van der Waals surface area contributed by atoms with Gasteiger partial charge < -0.3 is 9.73 Å². The van der Waals surface area contributed by atoms with Gasteiger partial charge in [-0.15, -0.1) is 0 Å². The first-order valence-electron chi connectivity index (χ1n) is 8.96. The summed E-state index contributed by atoms with van der Waals surface area (Å²) in [5, 5.41) is 2.70. The molecule has 3 rings (SSSR count). The summed E-state index contributed by atoms with van der Waals surface area (Å²) in [6.45, 7) is 3.85. The molecular weight excluding hydrogens is 451 g/mol. The highest BCUT2D eigenvalue weighted by atomic mass is 35.5. The van der Waals surface area contributed by atoms with Gasteiger partial charge in [0.15, 0.2) is 10.9 Å². The normalized spacial score (nSPS) is 11.2. The molecule has 0 aliphatic carbocycles. The Kier molecular flexibility index (Phi) is 6.56. The van der Waals surface area contributed by atoms with E-state index in [-0.39, 0.29) is 22.2 Å². The van der Waals surface area contributed by atoms with E-state index < -0.39 is 22.7 Å². The predicted octanol–water partition coefficient (Wildman–Crippen LogP) is 5.87. The minimum absolute atomic E-state index is 0.0865. The minimum atomic E-state index is -4.61. The molecule has 3 aromatic rings. The first kappa shape index (κ1) is 22.6. The van der Waals surface area contributed by atoms with Crippen molar-refractivity contribution < 1.29 is 22.4 Å². The molecule has 1 aromatic heterocycles. The lowest BCUT2D eigenvalue weighted by molar-refractivity contribution is -0.137. The summed E-state index contributed by atoms with van der Waals surface area (Å²) in [6, 6.07) is 11.9. The highest BCUT2D eigenvalue weighted by Gasteiger charge is 2.33. The van der Waals surface area contributed by atoms with Crippen LogP contribution >= 0.6 is 23.8 Å². The second-order valence-electron chi connectivity index (χ2n) is 6.71. The summed E-state index contributed by atoms with van der Waals surface area (Å²) in [4.78, 5) is 12.3. The molecule has 0 radical (unpaired) electrons. The van der Waals surface area contributed by atoms with Crippen molar-refractivity contribution in [2.45, 2.75) is 20.0 Å². The van der Waals surface area contributed by atoms with Crippen molar-refractivity contribution in [1.29, 1.82) is 0 Å². The Morgan fingerprint density at radius 2 is 1.77 bits per heavy atom. The van der Waals surface area contributed by atoms with E-state index in [1.807, 2.05) is 32.0 Å².